The zero-order chi connectivity index (χ0) is 14.0. The predicted molar refractivity (Wildman–Crippen MR) is 77.7 cm³/mol. The minimum atomic E-state index is -3.40. The molecule has 0 saturated carbocycles. The molecule has 0 unspecified atom stereocenters. The average Bonchev–Trinajstić information content (AvgIpc) is 2.82. The van der Waals surface area contributed by atoms with E-state index in [1.807, 2.05) is 26.0 Å². The molecule has 4 heteroatoms. The summed E-state index contributed by atoms with van der Waals surface area (Å²) in [5.74, 6) is 0. The Bertz CT molecular complexity index is 590. The fourth-order valence-electron chi connectivity index (χ4n) is 2.53. The van der Waals surface area contributed by atoms with Gasteiger partial charge in [-0.25, -0.2) is 8.42 Å². The summed E-state index contributed by atoms with van der Waals surface area (Å²) in [7, 11) is -3.40. The van der Waals surface area contributed by atoms with Crippen molar-refractivity contribution in [2.75, 3.05) is 13.1 Å². The Balaban J connectivity index is 2.35. The number of nitrogens with zero attached hydrogens (tertiary/aromatic N) is 1. The van der Waals surface area contributed by atoms with Gasteiger partial charge >= 0.3 is 0 Å². The molecule has 0 heterocycles. The molecule has 2 rings (SSSR count). The van der Waals surface area contributed by atoms with Gasteiger partial charge in [0.2, 0.25) is 10.0 Å². The molecule has 1 aromatic carbocycles. The second kappa shape index (κ2) is 5.47. The van der Waals surface area contributed by atoms with Crippen LogP contribution in [0.25, 0.3) is 0 Å². The third kappa shape index (κ3) is 2.90. The van der Waals surface area contributed by atoms with Crippen molar-refractivity contribution in [3.8, 4) is 0 Å². The molecule has 0 amide bonds. The summed E-state index contributed by atoms with van der Waals surface area (Å²) in [6.07, 6.45) is 3.19. The van der Waals surface area contributed by atoms with Crippen LogP contribution in [0.4, 0.5) is 0 Å². The van der Waals surface area contributed by atoms with Gasteiger partial charge in [0.15, 0.2) is 0 Å². The molecule has 0 aromatic heterocycles. The molecule has 104 valence electrons. The van der Waals surface area contributed by atoms with E-state index >= 15 is 0 Å². The second-order valence-electron chi connectivity index (χ2n) is 5.17. The fourth-order valence-corrected chi connectivity index (χ4v) is 4.09. The van der Waals surface area contributed by atoms with Gasteiger partial charge in [0.1, 0.15) is 0 Å². The summed E-state index contributed by atoms with van der Waals surface area (Å²) >= 11 is 0. The summed E-state index contributed by atoms with van der Waals surface area (Å²) in [5, 5.41) is 0. The van der Waals surface area contributed by atoms with Gasteiger partial charge in [-0.1, -0.05) is 25.1 Å². The molecular formula is C15H21NO2S. The largest absolute Gasteiger partial charge is 0.243 e. The smallest absolute Gasteiger partial charge is 0.207 e. The minimum absolute atomic E-state index is 0.385. The lowest BCUT2D eigenvalue weighted by atomic mass is 10.1. The number of sulfonamides is 1. The van der Waals surface area contributed by atoms with E-state index < -0.39 is 10.0 Å². The van der Waals surface area contributed by atoms with Crippen LogP contribution < -0.4 is 0 Å². The lowest BCUT2D eigenvalue weighted by molar-refractivity contribution is 0.453. The number of hydrogen-bond donors (Lipinski definition) is 0. The van der Waals surface area contributed by atoms with Gasteiger partial charge in [-0.05, 0) is 49.4 Å². The molecule has 0 atom stereocenters. The van der Waals surface area contributed by atoms with Gasteiger partial charge in [0.05, 0.1) is 4.90 Å². The Morgan fingerprint density at radius 2 is 2.00 bits per heavy atom. The van der Waals surface area contributed by atoms with Crippen molar-refractivity contribution in [2.45, 2.75) is 38.0 Å². The highest BCUT2D eigenvalue weighted by Gasteiger charge is 2.24. The molecule has 1 aliphatic carbocycles. The van der Waals surface area contributed by atoms with Gasteiger partial charge in [-0.15, -0.1) is 0 Å². The predicted octanol–water partition coefficient (Wildman–Crippen LogP) is 2.76. The standard InChI is InChI=1S/C15H21NO2S/c1-4-16(11-12(2)3)19(17,18)15-9-8-13-6-5-7-14(13)10-15/h8-10H,2,4-7,11H2,1,3H3. The highest BCUT2D eigenvalue weighted by Crippen LogP contribution is 2.26. The zero-order valence-electron chi connectivity index (χ0n) is 11.6. The van der Waals surface area contributed by atoms with Crippen LogP contribution in [0, 0.1) is 0 Å². The number of likely N-dealkylation sites (N-methyl/N-ethyl adjacent to an activating group) is 1. The first-order valence-corrected chi connectivity index (χ1v) is 8.15. The van der Waals surface area contributed by atoms with E-state index in [0.717, 1.165) is 24.8 Å². The van der Waals surface area contributed by atoms with Crippen molar-refractivity contribution >= 4 is 10.0 Å². The lowest BCUT2D eigenvalue weighted by Crippen LogP contribution is -2.32. The van der Waals surface area contributed by atoms with Gasteiger partial charge in [-0.3, -0.25) is 0 Å². The highest BCUT2D eigenvalue weighted by atomic mass is 32.2. The molecule has 0 bridgehead atoms. The summed E-state index contributed by atoms with van der Waals surface area (Å²) in [6.45, 7) is 8.35. The topological polar surface area (TPSA) is 37.4 Å². The number of hydrogen-bond acceptors (Lipinski definition) is 2. The highest BCUT2D eigenvalue weighted by molar-refractivity contribution is 7.89. The molecule has 0 N–H and O–H groups in total. The maximum absolute atomic E-state index is 12.6. The Labute approximate surface area is 116 Å². The van der Waals surface area contributed by atoms with Crippen LogP contribution in [0.2, 0.25) is 0 Å². The minimum Gasteiger partial charge on any atom is -0.207 e. The van der Waals surface area contributed by atoms with Gasteiger partial charge < -0.3 is 0 Å². The molecule has 1 aromatic rings. The van der Waals surface area contributed by atoms with E-state index in [1.54, 1.807) is 6.07 Å². The first-order valence-electron chi connectivity index (χ1n) is 6.71. The molecule has 3 nitrogen and oxygen atoms in total. The third-order valence-corrected chi connectivity index (χ3v) is 5.42. The van der Waals surface area contributed by atoms with Gasteiger partial charge in [0, 0.05) is 13.1 Å². The molecule has 19 heavy (non-hydrogen) atoms. The average molecular weight is 279 g/mol. The molecule has 0 aliphatic heterocycles. The van der Waals surface area contributed by atoms with Crippen molar-refractivity contribution in [3.05, 3.63) is 41.5 Å². The number of benzene rings is 1. The number of aryl methyl sites for hydroxylation is 2. The lowest BCUT2D eigenvalue weighted by Gasteiger charge is -2.21. The molecule has 0 saturated heterocycles. The maximum Gasteiger partial charge on any atom is 0.243 e. The summed E-state index contributed by atoms with van der Waals surface area (Å²) in [4.78, 5) is 0.413. The fraction of sp³-hybridized carbons (Fsp3) is 0.467. The van der Waals surface area contributed by atoms with Crippen LogP contribution in [-0.4, -0.2) is 25.8 Å². The van der Waals surface area contributed by atoms with Crippen molar-refractivity contribution < 1.29 is 8.42 Å². The summed E-state index contributed by atoms with van der Waals surface area (Å²) in [5.41, 5.74) is 3.33. The van der Waals surface area contributed by atoms with Crippen molar-refractivity contribution in [3.63, 3.8) is 0 Å². The van der Waals surface area contributed by atoms with Gasteiger partial charge in [-0.2, -0.15) is 4.31 Å². The van der Waals surface area contributed by atoms with Crippen LogP contribution in [-0.2, 0) is 22.9 Å². The van der Waals surface area contributed by atoms with Crippen LogP contribution in [0.3, 0.4) is 0 Å². The van der Waals surface area contributed by atoms with E-state index in [0.29, 0.717) is 18.0 Å². The maximum atomic E-state index is 12.6. The molecule has 0 spiro atoms. The quantitative estimate of drug-likeness (QED) is 0.777. The number of fused-ring (bicyclic) bond motifs is 1. The first kappa shape index (κ1) is 14.3. The third-order valence-electron chi connectivity index (χ3n) is 3.51. The van der Waals surface area contributed by atoms with Crippen LogP contribution in [0.5, 0.6) is 0 Å². The van der Waals surface area contributed by atoms with E-state index in [1.165, 1.54) is 15.4 Å². The van der Waals surface area contributed by atoms with Crippen molar-refractivity contribution in [1.82, 2.24) is 4.31 Å². The zero-order valence-corrected chi connectivity index (χ0v) is 12.5. The Morgan fingerprint density at radius 3 is 2.63 bits per heavy atom. The molecule has 1 aliphatic rings. The molecule has 0 radical (unpaired) electrons. The Kier molecular flexibility index (Phi) is 4.11. The van der Waals surface area contributed by atoms with Crippen molar-refractivity contribution in [1.29, 1.82) is 0 Å². The molecule has 0 fully saturated rings. The Morgan fingerprint density at radius 1 is 1.32 bits per heavy atom. The second-order valence-corrected chi connectivity index (χ2v) is 7.11. The Hall–Kier alpha value is -1.13. The summed E-state index contributed by atoms with van der Waals surface area (Å²) in [6, 6.07) is 5.54. The monoisotopic (exact) mass is 279 g/mol. The van der Waals surface area contributed by atoms with Crippen LogP contribution in [0.15, 0.2) is 35.2 Å². The first-order chi connectivity index (χ1) is 8.95. The van der Waals surface area contributed by atoms with E-state index in [2.05, 4.69) is 6.58 Å². The van der Waals surface area contributed by atoms with Crippen LogP contribution in [0.1, 0.15) is 31.4 Å². The molecular weight excluding hydrogens is 258 g/mol. The normalized spacial score (nSPS) is 14.7. The summed E-state index contributed by atoms with van der Waals surface area (Å²) < 4.78 is 26.6. The van der Waals surface area contributed by atoms with Crippen LogP contribution >= 0.6 is 0 Å². The van der Waals surface area contributed by atoms with E-state index in [-0.39, 0.29) is 0 Å². The van der Waals surface area contributed by atoms with E-state index in [9.17, 15) is 8.42 Å². The number of rotatable bonds is 5. The SMILES string of the molecule is C=C(C)CN(CC)S(=O)(=O)c1ccc2c(c1)CCC2. The van der Waals surface area contributed by atoms with Gasteiger partial charge in [0.25, 0.3) is 0 Å². The van der Waals surface area contributed by atoms with E-state index in [4.69, 9.17) is 0 Å². The van der Waals surface area contributed by atoms with Crippen molar-refractivity contribution in [2.24, 2.45) is 0 Å².